The normalized spacial score (nSPS) is 21.6. The van der Waals surface area contributed by atoms with Crippen molar-refractivity contribution in [2.24, 2.45) is 4.99 Å². The van der Waals surface area contributed by atoms with Crippen molar-refractivity contribution < 1.29 is 9.13 Å². The van der Waals surface area contributed by atoms with Crippen LogP contribution in [-0.2, 0) is 0 Å². The van der Waals surface area contributed by atoms with Crippen molar-refractivity contribution in [1.82, 2.24) is 9.88 Å². The molecule has 0 aliphatic carbocycles. The van der Waals surface area contributed by atoms with Gasteiger partial charge >= 0.3 is 0 Å². The number of ether oxygens (including phenoxy) is 1. The van der Waals surface area contributed by atoms with Crippen LogP contribution in [0.25, 0.3) is 5.70 Å². The molecule has 2 aliphatic heterocycles. The molecule has 0 aromatic carbocycles. The number of rotatable bonds is 1. The first-order chi connectivity index (χ1) is 9.63. The van der Waals surface area contributed by atoms with E-state index in [4.69, 9.17) is 4.74 Å². The highest BCUT2D eigenvalue weighted by molar-refractivity contribution is 5.78. The van der Waals surface area contributed by atoms with Gasteiger partial charge in [-0.25, -0.2) is 9.37 Å². The highest BCUT2D eigenvalue weighted by Crippen LogP contribution is 2.41. The van der Waals surface area contributed by atoms with Crippen molar-refractivity contribution in [1.29, 1.82) is 0 Å². The van der Waals surface area contributed by atoms with Gasteiger partial charge < -0.3 is 9.64 Å². The summed E-state index contributed by atoms with van der Waals surface area (Å²) in [6, 6.07) is 0.284. The predicted octanol–water partition coefficient (Wildman–Crippen LogP) is 3.08. The summed E-state index contributed by atoms with van der Waals surface area (Å²) in [4.78, 5) is 10.3. The maximum absolute atomic E-state index is 14.2. The van der Waals surface area contributed by atoms with E-state index in [1.165, 1.54) is 6.42 Å². The van der Waals surface area contributed by atoms with Crippen molar-refractivity contribution in [2.75, 3.05) is 13.2 Å². The predicted molar refractivity (Wildman–Crippen MR) is 77.0 cm³/mol. The lowest BCUT2D eigenvalue weighted by molar-refractivity contribution is 0.159. The van der Waals surface area contributed by atoms with Crippen LogP contribution in [0.5, 0.6) is 5.88 Å². The zero-order valence-corrected chi connectivity index (χ0v) is 11.7. The van der Waals surface area contributed by atoms with Crippen molar-refractivity contribution in [2.45, 2.75) is 32.2 Å². The van der Waals surface area contributed by atoms with E-state index < -0.39 is 5.82 Å². The summed E-state index contributed by atoms with van der Waals surface area (Å²) in [6.45, 7) is 10.7. The summed E-state index contributed by atoms with van der Waals surface area (Å²) in [5, 5.41) is 0. The molecule has 5 heteroatoms. The molecule has 0 radical (unpaired) electrons. The smallest absolute Gasteiger partial charge is 0.225 e. The average molecular weight is 275 g/mol. The lowest BCUT2D eigenvalue weighted by Crippen LogP contribution is -2.40. The largest absolute Gasteiger partial charge is 0.475 e. The van der Waals surface area contributed by atoms with E-state index in [2.05, 4.69) is 28.2 Å². The summed E-state index contributed by atoms with van der Waals surface area (Å²) in [6.07, 6.45) is 3.36. The third kappa shape index (κ3) is 1.88. The zero-order chi connectivity index (χ0) is 14.3. The van der Waals surface area contributed by atoms with Crippen LogP contribution in [0.15, 0.2) is 11.6 Å². The third-order valence-corrected chi connectivity index (χ3v) is 4.08. The minimum absolute atomic E-state index is 0.198. The number of piperidine rings is 1. The maximum atomic E-state index is 14.2. The second kappa shape index (κ2) is 4.89. The molecule has 1 aromatic rings. The first-order valence-electron chi connectivity index (χ1n) is 6.89. The number of hydrogen-bond acceptors (Lipinski definition) is 4. The molecule has 0 unspecified atom stereocenters. The van der Waals surface area contributed by atoms with Gasteiger partial charge in [0, 0.05) is 12.2 Å². The van der Waals surface area contributed by atoms with Crippen LogP contribution in [0.4, 0.5) is 10.1 Å². The lowest BCUT2D eigenvalue weighted by atomic mass is 10.0. The second-order valence-corrected chi connectivity index (χ2v) is 5.30. The molecule has 4 nitrogen and oxygen atoms in total. The second-order valence-electron chi connectivity index (χ2n) is 5.30. The van der Waals surface area contributed by atoms with E-state index in [9.17, 15) is 4.39 Å². The van der Waals surface area contributed by atoms with Gasteiger partial charge in [-0.15, -0.1) is 0 Å². The third-order valence-electron chi connectivity index (χ3n) is 4.08. The van der Waals surface area contributed by atoms with Crippen LogP contribution >= 0.6 is 0 Å². The Morgan fingerprint density at radius 1 is 1.45 bits per heavy atom. The Labute approximate surface area is 118 Å². The number of pyridine rings is 1. The Kier molecular flexibility index (Phi) is 3.20. The molecule has 0 bridgehead atoms. The molecule has 20 heavy (non-hydrogen) atoms. The number of aliphatic imine (C=N–C) groups is 1. The number of nitrogens with zero attached hydrogens (tertiary/aromatic N) is 3. The van der Waals surface area contributed by atoms with Crippen molar-refractivity contribution in [3.8, 4) is 5.88 Å². The molecule has 3 heterocycles. The van der Waals surface area contributed by atoms with Crippen LogP contribution in [0.2, 0.25) is 0 Å². The number of fused-ring (bicyclic) bond motifs is 2. The molecule has 0 amide bonds. The van der Waals surface area contributed by atoms with Gasteiger partial charge in [-0.1, -0.05) is 6.58 Å². The number of aryl methyl sites for hydroxylation is 1. The highest BCUT2D eigenvalue weighted by Gasteiger charge is 2.32. The van der Waals surface area contributed by atoms with E-state index in [1.807, 2.05) is 0 Å². The molecule has 0 spiro atoms. The maximum Gasteiger partial charge on any atom is 0.225 e. The van der Waals surface area contributed by atoms with Gasteiger partial charge in [0.2, 0.25) is 5.88 Å². The summed E-state index contributed by atoms with van der Waals surface area (Å²) >= 11 is 0. The fourth-order valence-corrected chi connectivity index (χ4v) is 3.00. The zero-order valence-electron chi connectivity index (χ0n) is 11.7. The standard InChI is InChI=1S/C15H18FN3O/c1-9-13(16)14(17-3)12-10(2)19-7-5-4-6-11(19)8-20-15(12)18-9/h11H,2-8H2,1H3/t11-/m0/s1. The topological polar surface area (TPSA) is 37.7 Å². The van der Waals surface area contributed by atoms with E-state index in [0.29, 0.717) is 18.1 Å². The van der Waals surface area contributed by atoms with Crippen molar-refractivity contribution >= 4 is 18.1 Å². The van der Waals surface area contributed by atoms with Crippen molar-refractivity contribution in [3.05, 3.63) is 23.7 Å². The molecular weight excluding hydrogens is 257 g/mol. The molecule has 0 saturated carbocycles. The molecule has 1 atom stereocenters. The van der Waals surface area contributed by atoms with Gasteiger partial charge in [-0.2, -0.15) is 0 Å². The quantitative estimate of drug-likeness (QED) is 0.739. The highest BCUT2D eigenvalue weighted by atomic mass is 19.1. The van der Waals surface area contributed by atoms with Crippen LogP contribution < -0.4 is 4.74 Å². The minimum atomic E-state index is -0.445. The Hall–Kier alpha value is -1.91. The summed E-state index contributed by atoms with van der Waals surface area (Å²) in [5.41, 5.74) is 1.77. The molecule has 106 valence electrons. The number of hydrogen-bond donors (Lipinski definition) is 0. The Morgan fingerprint density at radius 3 is 3.00 bits per heavy atom. The van der Waals surface area contributed by atoms with Crippen LogP contribution in [0.1, 0.15) is 30.5 Å². The van der Waals surface area contributed by atoms with E-state index in [0.717, 1.165) is 25.1 Å². The van der Waals surface area contributed by atoms with Gasteiger partial charge in [0.05, 0.1) is 17.3 Å². The van der Waals surface area contributed by atoms with Crippen LogP contribution in [0.3, 0.4) is 0 Å². The van der Waals surface area contributed by atoms with Crippen molar-refractivity contribution in [3.63, 3.8) is 0 Å². The number of halogens is 1. The Bertz CT molecular complexity index is 585. The monoisotopic (exact) mass is 275 g/mol. The van der Waals surface area contributed by atoms with Gasteiger partial charge in [0.1, 0.15) is 12.3 Å². The summed E-state index contributed by atoms with van der Waals surface area (Å²) in [5.74, 6) is -0.0235. The van der Waals surface area contributed by atoms with Gasteiger partial charge in [-0.05, 0) is 32.9 Å². The Morgan fingerprint density at radius 2 is 2.25 bits per heavy atom. The summed E-state index contributed by atoms with van der Waals surface area (Å²) in [7, 11) is 0. The summed E-state index contributed by atoms with van der Waals surface area (Å²) < 4.78 is 20.0. The van der Waals surface area contributed by atoms with E-state index >= 15 is 0 Å². The van der Waals surface area contributed by atoms with Crippen LogP contribution in [-0.4, -0.2) is 35.8 Å². The average Bonchev–Trinajstić information content (AvgIpc) is 2.59. The molecule has 3 rings (SSSR count). The fourth-order valence-electron chi connectivity index (χ4n) is 3.00. The number of aromatic nitrogens is 1. The fraction of sp³-hybridized carbons (Fsp3) is 0.467. The SMILES string of the molecule is C=Nc1c(F)c(C)nc2c1C(=C)N1CCCC[C@H]1CO2. The molecular formula is C15H18FN3O. The first-order valence-corrected chi connectivity index (χ1v) is 6.89. The molecule has 1 aromatic heterocycles. The van der Waals surface area contributed by atoms with Gasteiger partial charge in [-0.3, -0.25) is 4.99 Å². The molecule has 0 N–H and O–H groups in total. The van der Waals surface area contributed by atoms with Gasteiger partial charge in [0.15, 0.2) is 5.82 Å². The molecule has 2 aliphatic rings. The van der Waals surface area contributed by atoms with Crippen LogP contribution in [0, 0.1) is 12.7 Å². The van der Waals surface area contributed by atoms with E-state index in [1.54, 1.807) is 6.92 Å². The lowest BCUT2D eigenvalue weighted by Gasteiger charge is -2.36. The molecule has 1 fully saturated rings. The van der Waals surface area contributed by atoms with Gasteiger partial charge in [0.25, 0.3) is 0 Å². The Balaban J connectivity index is 2.15. The first kappa shape index (κ1) is 13.1. The minimum Gasteiger partial charge on any atom is -0.475 e. The molecule has 1 saturated heterocycles. The van der Waals surface area contributed by atoms with E-state index in [-0.39, 0.29) is 17.4 Å².